The molecule has 4 rings (SSSR count). The van der Waals surface area contributed by atoms with Crippen molar-refractivity contribution in [2.24, 2.45) is 0 Å². The number of aromatic nitrogens is 2. The van der Waals surface area contributed by atoms with Gasteiger partial charge in [-0.3, -0.25) is 4.79 Å². The summed E-state index contributed by atoms with van der Waals surface area (Å²) in [5.74, 6) is 1.57. The lowest BCUT2D eigenvalue weighted by Gasteiger charge is -2.25. The van der Waals surface area contributed by atoms with Gasteiger partial charge >= 0.3 is 0 Å². The molecule has 0 unspecified atom stereocenters. The zero-order valence-electron chi connectivity index (χ0n) is 17.0. The van der Waals surface area contributed by atoms with Crippen molar-refractivity contribution in [3.8, 4) is 5.75 Å². The molecule has 30 heavy (non-hydrogen) atoms. The summed E-state index contributed by atoms with van der Waals surface area (Å²) in [5.41, 5.74) is 2.09. The molecule has 2 N–H and O–H groups in total. The van der Waals surface area contributed by atoms with Gasteiger partial charge < -0.3 is 15.0 Å². The summed E-state index contributed by atoms with van der Waals surface area (Å²) in [7, 11) is 0. The number of H-pyrrole nitrogens is 1. The van der Waals surface area contributed by atoms with E-state index in [-0.39, 0.29) is 11.8 Å². The second kappa shape index (κ2) is 8.12. The summed E-state index contributed by atoms with van der Waals surface area (Å²) in [6.07, 6.45) is 2.32. The van der Waals surface area contributed by atoms with E-state index in [1.54, 1.807) is 13.8 Å². The predicted octanol–water partition coefficient (Wildman–Crippen LogP) is 5.13. The lowest BCUT2D eigenvalue weighted by molar-refractivity contribution is -0.134. The molecule has 2 aromatic carbocycles. The van der Waals surface area contributed by atoms with Crippen LogP contribution in [-0.2, 0) is 11.2 Å². The van der Waals surface area contributed by atoms with Gasteiger partial charge in [0.1, 0.15) is 15.9 Å². The summed E-state index contributed by atoms with van der Waals surface area (Å²) < 4.78 is 5.28. The Morgan fingerprint density at radius 1 is 1.23 bits per heavy atom. The third-order valence-corrected chi connectivity index (χ3v) is 6.18. The highest BCUT2D eigenvalue weighted by Gasteiger charge is 2.52. The van der Waals surface area contributed by atoms with Gasteiger partial charge in [0.25, 0.3) is 5.91 Å². The lowest BCUT2D eigenvalue weighted by atomic mass is 10.1. The van der Waals surface area contributed by atoms with Gasteiger partial charge in [0.2, 0.25) is 0 Å². The Morgan fingerprint density at radius 3 is 2.60 bits per heavy atom. The first kappa shape index (κ1) is 21.0. The number of nitrogens with zero attached hydrogens (tertiary/aromatic N) is 1. The Morgan fingerprint density at radius 2 is 1.93 bits per heavy atom. The molecule has 1 saturated carbocycles. The quantitative estimate of drug-likeness (QED) is 0.372. The Kier molecular flexibility index (Phi) is 5.69. The summed E-state index contributed by atoms with van der Waals surface area (Å²) >= 11 is 12.3. The van der Waals surface area contributed by atoms with Gasteiger partial charge in [-0.05, 0) is 56.5 Å². The first-order chi connectivity index (χ1) is 14.2. The minimum atomic E-state index is -0.983. The minimum absolute atomic E-state index is 0.154. The van der Waals surface area contributed by atoms with Crippen molar-refractivity contribution in [3.05, 3.63) is 59.9 Å². The molecule has 1 aliphatic rings. The van der Waals surface area contributed by atoms with E-state index in [0.29, 0.717) is 12.3 Å². The van der Waals surface area contributed by atoms with Crippen LogP contribution >= 0.6 is 23.2 Å². The van der Waals surface area contributed by atoms with E-state index in [4.69, 9.17) is 27.9 Å². The maximum atomic E-state index is 12.6. The van der Waals surface area contributed by atoms with Crippen LogP contribution in [0.5, 0.6) is 5.75 Å². The average molecular weight is 446 g/mol. The van der Waals surface area contributed by atoms with E-state index in [2.05, 4.69) is 15.3 Å². The number of amides is 1. The number of nitrogens with one attached hydrogen (secondary N) is 2. The molecular formula is C23H25Cl2N3O2. The highest BCUT2D eigenvalue weighted by atomic mass is 35.5. The number of hydrogen-bond donors (Lipinski definition) is 2. The van der Waals surface area contributed by atoms with E-state index < -0.39 is 9.93 Å². The Bertz CT molecular complexity index is 1010. The second-order valence-corrected chi connectivity index (χ2v) is 9.80. The Balaban J connectivity index is 1.25. The van der Waals surface area contributed by atoms with Crippen LogP contribution in [0, 0.1) is 0 Å². The molecule has 0 radical (unpaired) electrons. The lowest BCUT2D eigenvalue weighted by Crippen LogP contribution is -2.46. The molecule has 5 nitrogen and oxygen atoms in total. The number of halogens is 2. The van der Waals surface area contributed by atoms with Crippen LogP contribution in [-0.4, -0.2) is 32.4 Å². The highest BCUT2D eigenvalue weighted by molar-refractivity contribution is 6.51. The van der Waals surface area contributed by atoms with Crippen LogP contribution in [0.2, 0.25) is 0 Å². The summed E-state index contributed by atoms with van der Waals surface area (Å²) in [4.78, 5) is 20.5. The Hall–Kier alpha value is -2.24. The van der Waals surface area contributed by atoms with E-state index in [1.165, 1.54) is 0 Å². The number of aromatic amines is 1. The van der Waals surface area contributed by atoms with E-state index in [1.807, 2.05) is 48.5 Å². The predicted molar refractivity (Wildman–Crippen MR) is 120 cm³/mol. The van der Waals surface area contributed by atoms with Gasteiger partial charge in [-0.25, -0.2) is 4.98 Å². The number of fused-ring (bicyclic) bond motifs is 1. The molecule has 0 saturated heterocycles. The number of benzene rings is 2. The molecule has 0 spiro atoms. The smallest absolute Gasteiger partial charge is 0.263 e. The Labute approximate surface area is 186 Å². The molecule has 1 aliphatic carbocycles. The standard InChI is InChI=1S/C23H25Cl2N3O2/c1-22(2,30-16-11-9-15(10-12-16)17-14-23(17,24)25)21(29)26-13-5-8-20-27-18-6-3-4-7-19(18)28-20/h3-4,6-7,9-12,17H,5,8,13-14H2,1-2H3,(H,26,29)(H,27,28)/t17-/m1/s1. The third-order valence-electron chi connectivity index (χ3n) is 5.34. The number of para-hydroxylation sites is 2. The molecule has 1 fully saturated rings. The molecule has 1 amide bonds. The van der Waals surface area contributed by atoms with Crippen molar-refractivity contribution in [2.45, 2.75) is 49.0 Å². The van der Waals surface area contributed by atoms with Crippen LogP contribution in [0.1, 0.15) is 44.0 Å². The first-order valence-electron chi connectivity index (χ1n) is 10.1. The summed E-state index contributed by atoms with van der Waals surface area (Å²) in [6, 6.07) is 15.6. The number of alkyl halides is 2. The highest BCUT2D eigenvalue weighted by Crippen LogP contribution is 2.59. The first-order valence-corrected chi connectivity index (χ1v) is 10.9. The van der Waals surface area contributed by atoms with Crippen molar-refractivity contribution >= 4 is 40.1 Å². The third kappa shape index (κ3) is 4.73. The molecule has 3 aromatic rings. The summed E-state index contributed by atoms with van der Waals surface area (Å²) in [6.45, 7) is 4.08. The molecule has 1 atom stereocenters. The molecular weight excluding hydrogens is 421 g/mol. The van der Waals surface area contributed by atoms with Crippen LogP contribution in [0.15, 0.2) is 48.5 Å². The topological polar surface area (TPSA) is 67.0 Å². The molecule has 0 bridgehead atoms. The SMILES string of the molecule is CC(C)(Oc1ccc([C@H]2CC2(Cl)Cl)cc1)C(=O)NCCCc1nc2ccccc2[nH]1. The normalized spacial score (nSPS) is 17.7. The molecule has 158 valence electrons. The van der Waals surface area contributed by atoms with E-state index in [0.717, 1.165) is 41.7 Å². The molecule has 1 heterocycles. The van der Waals surface area contributed by atoms with Crippen LogP contribution in [0.3, 0.4) is 0 Å². The number of aryl methyl sites for hydroxylation is 1. The van der Waals surface area contributed by atoms with Crippen LogP contribution in [0.4, 0.5) is 0 Å². The summed E-state index contributed by atoms with van der Waals surface area (Å²) in [5, 5.41) is 2.96. The van der Waals surface area contributed by atoms with Crippen molar-refractivity contribution in [1.82, 2.24) is 15.3 Å². The maximum Gasteiger partial charge on any atom is 0.263 e. The number of carbonyl (C=O) groups is 1. The molecule has 0 aliphatic heterocycles. The van der Waals surface area contributed by atoms with Crippen LogP contribution < -0.4 is 10.1 Å². The number of imidazole rings is 1. The monoisotopic (exact) mass is 445 g/mol. The van der Waals surface area contributed by atoms with Gasteiger partial charge in [0.05, 0.1) is 11.0 Å². The fourth-order valence-corrected chi connectivity index (χ4v) is 4.04. The van der Waals surface area contributed by atoms with Crippen molar-refractivity contribution in [3.63, 3.8) is 0 Å². The largest absolute Gasteiger partial charge is 0.478 e. The van der Waals surface area contributed by atoms with Gasteiger partial charge in [-0.1, -0.05) is 24.3 Å². The minimum Gasteiger partial charge on any atom is -0.478 e. The fourth-order valence-electron chi connectivity index (χ4n) is 3.48. The van der Waals surface area contributed by atoms with E-state index >= 15 is 0 Å². The maximum absolute atomic E-state index is 12.6. The number of hydrogen-bond acceptors (Lipinski definition) is 3. The zero-order valence-corrected chi connectivity index (χ0v) is 18.6. The average Bonchev–Trinajstić information content (AvgIpc) is 3.15. The zero-order chi connectivity index (χ0) is 21.4. The second-order valence-electron chi connectivity index (χ2n) is 8.26. The van der Waals surface area contributed by atoms with Gasteiger partial charge in [0.15, 0.2) is 5.60 Å². The fraction of sp³-hybridized carbons (Fsp3) is 0.391. The van der Waals surface area contributed by atoms with Gasteiger partial charge in [-0.15, -0.1) is 23.2 Å². The number of carbonyl (C=O) groups excluding carboxylic acids is 1. The van der Waals surface area contributed by atoms with Gasteiger partial charge in [-0.2, -0.15) is 0 Å². The van der Waals surface area contributed by atoms with Crippen molar-refractivity contribution < 1.29 is 9.53 Å². The molecule has 1 aromatic heterocycles. The van der Waals surface area contributed by atoms with Crippen molar-refractivity contribution in [1.29, 1.82) is 0 Å². The van der Waals surface area contributed by atoms with Gasteiger partial charge in [0, 0.05) is 18.9 Å². The van der Waals surface area contributed by atoms with Crippen molar-refractivity contribution in [2.75, 3.05) is 6.54 Å². The number of ether oxygens (including phenoxy) is 1. The number of rotatable bonds is 8. The molecule has 7 heteroatoms. The van der Waals surface area contributed by atoms with Crippen LogP contribution in [0.25, 0.3) is 11.0 Å². The van der Waals surface area contributed by atoms with E-state index in [9.17, 15) is 4.79 Å².